The van der Waals surface area contributed by atoms with Crippen molar-refractivity contribution in [2.24, 2.45) is 5.92 Å². The SMILES string of the molecule is CC1CCOC1C(=O)N1CCc2cccc(N)c21. The second-order valence-corrected chi connectivity index (χ2v) is 5.15. The Bertz CT molecular complexity index is 487. The third kappa shape index (κ3) is 1.68. The quantitative estimate of drug-likeness (QED) is 0.765. The monoisotopic (exact) mass is 246 g/mol. The molecule has 0 saturated carbocycles. The molecule has 1 saturated heterocycles. The van der Waals surface area contributed by atoms with Crippen LogP contribution in [0.5, 0.6) is 0 Å². The van der Waals surface area contributed by atoms with E-state index in [1.54, 1.807) is 4.90 Å². The van der Waals surface area contributed by atoms with Crippen LogP contribution in [0.25, 0.3) is 0 Å². The summed E-state index contributed by atoms with van der Waals surface area (Å²) in [5.41, 5.74) is 8.74. The number of carbonyl (C=O) groups excluding carboxylic acids is 1. The molecule has 2 atom stereocenters. The van der Waals surface area contributed by atoms with E-state index in [9.17, 15) is 4.79 Å². The number of nitrogens with zero attached hydrogens (tertiary/aromatic N) is 1. The second-order valence-electron chi connectivity index (χ2n) is 5.15. The average Bonchev–Trinajstić information content (AvgIpc) is 2.95. The minimum Gasteiger partial charge on any atom is -0.397 e. The molecular formula is C14H18N2O2. The second kappa shape index (κ2) is 4.28. The molecule has 4 nitrogen and oxygen atoms in total. The third-order valence-electron chi connectivity index (χ3n) is 3.92. The highest BCUT2D eigenvalue weighted by molar-refractivity contribution is 6.01. The number of nitrogens with two attached hydrogens (primary N) is 1. The lowest BCUT2D eigenvalue weighted by Crippen LogP contribution is -2.40. The highest BCUT2D eigenvalue weighted by Gasteiger charge is 2.37. The van der Waals surface area contributed by atoms with Gasteiger partial charge in [0.25, 0.3) is 5.91 Å². The van der Waals surface area contributed by atoms with Gasteiger partial charge < -0.3 is 15.4 Å². The molecule has 4 heteroatoms. The molecule has 2 aliphatic heterocycles. The Balaban J connectivity index is 1.90. The zero-order valence-corrected chi connectivity index (χ0v) is 10.6. The van der Waals surface area contributed by atoms with Crippen LogP contribution in [0.15, 0.2) is 18.2 Å². The summed E-state index contributed by atoms with van der Waals surface area (Å²) < 4.78 is 5.56. The van der Waals surface area contributed by atoms with E-state index in [-0.39, 0.29) is 12.0 Å². The van der Waals surface area contributed by atoms with Crippen molar-refractivity contribution in [3.63, 3.8) is 0 Å². The molecule has 0 radical (unpaired) electrons. The number of benzene rings is 1. The van der Waals surface area contributed by atoms with E-state index in [0.717, 1.165) is 30.6 Å². The van der Waals surface area contributed by atoms with E-state index < -0.39 is 0 Å². The number of para-hydroxylation sites is 1. The molecule has 0 aliphatic carbocycles. The van der Waals surface area contributed by atoms with Crippen molar-refractivity contribution in [3.05, 3.63) is 23.8 Å². The molecule has 1 aromatic rings. The Labute approximate surface area is 107 Å². The van der Waals surface area contributed by atoms with Gasteiger partial charge in [-0.15, -0.1) is 0 Å². The minimum atomic E-state index is -0.296. The molecular weight excluding hydrogens is 228 g/mol. The molecule has 2 unspecified atom stereocenters. The Morgan fingerprint density at radius 3 is 3.06 bits per heavy atom. The smallest absolute Gasteiger partial charge is 0.256 e. The summed E-state index contributed by atoms with van der Waals surface area (Å²) in [6.07, 6.45) is 1.55. The van der Waals surface area contributed by atoms with Gasteiger partial charge in [-0.2, -0.15) is 0 Å². The van der Waals surface area contributed by atoms with Crippen LogP contribution in [0.3, 0.4) is 0 Å². The Hall–Kier alpha value is -1.55. The molecule has 1 amide bonds. The van der Waals surface area contributed by atoms with Crippen molar-refractivity contribution in [2.45, 2.75) is 25.9 Å². The fourth-order valence-corrected chi connectivity index (χ4v) is 2.87. The maximum absolute atomic E-state index is 12.5. The number of nitrogen functional groups attached to an aromatic ring is 1. The van der Waals surface area contributed by atoms with Gasteiger partial charge in [0.15, 0.2) is 0 Å². The summed E-state index contributed by atoms with van der Waals surface area (Å²) >= 11 is 0. The number of anilines is 2. The standard InChI is InChI=1S/C14H18N2O2/c1-9-6-8-18-13(9)14(17)16-7-5-10-3-2-4-11(15)12(10)16/h2-4,9,13H,5-8,15H2,1H3. The van der Waals surface area contributed by atoms with Gasteiger partial charge in [0.05, 0.1) is 11.4 Å². The van der Waals surface area contributed by atoms with Crippen LogP contribution in [-0.4, -0.2) is 25.2 Å². The van der Waals surface area contributed by atoms with Crippen LogP contribution >= 0.6 is 0 Å². The van der Waals surface area contributed by atoms with Crippen LogP contribution < -0.4 is 10.6 Å². The van der Waals surface area contributed by atoms with Crippen molar-refractivity contribution >= 4 is 17.3 Å². The largest absolute Gasteiger partial charge is 0.397 e. The molecule has 2 N–H and O–H groups in total. The first-order chi connectivity index (χ1) is 8.68. The number of carbonyl (C=O) groups is 1. The van der Waals surface area contributed by atoms with Crippen LogP contribution in [0.2, 0.25) is 0 Å². The van der Waals surface area contributed by atoms with E-state index in [1.165, 1.54) is 0 Å². The van der Waals surface area contributed by atoms with Crippen molar-refractivity contribution in [2.75, 3.05) is 23.8 Å². The molecule has 18 heavy (non-hydrogen) atoms. The van der Waals surface area contributed by atoms with Crippen molar-refractivity contribution in [1.82, 2.24) is 0 Å². The van der Waals surface area contributed by atoms with Gasteiger partial charge in [-0.1, -0.05) is 19.1 Å². The minimum absolute atomic E-state index is 0.0663. The number of amides is 1. The summed E-state index contributed by atoms with van der Waals surface area (Å²) in [6, 6.07) is 5.83. The zero-order chi connectivity index (χ0) is 12.7. The van der Waals surface area contributed by atoms with Crippen molar-refractivity contribution in [1.29, 1.82) is 0 Å². The normalized spacial score (nSPS) is 26.4. The first-order valence-corrected chi connectivity index (χ1v) is 6.49. The van der Waals surface area contributed by atoms with Gasteiger partial charge in [-0.3, -0.25) is 4.79 Å². The molecule has 0 spiro atoms. The fraction of sp³-hybridized carbons (Fsp3) is 0.500. The molecule has 96 valence electrons. The van der Waals surface area contributed by atoms with Gasteiger partial charge in [-0.05, 0) is 30.4 Å². The summed E-state index contributed by atoms with van der Waals surface area (Å²) in [6.45, 7) is 3.47. The molecule has 3 rings (SSSR count). The summed E-state index contributed by atoms with van der Waals surface area (Å²) in [4.78, 5) is 14.3. The van der Waals surface area contributed by atoms with Crippen LogP contribution in [-0.2, 0) is 16.0 Å². The van der Waals surface area contributed by atoms with E-state index in [0.29, 0.717) is 18.2 Å². The van der Waals surface area contributed by atoms with E-state index in [4.69, 9.17) is 10.5 Å². The van der Waals surface area contributed by atoms with Gasteiger partial charge in [0, 0.05) is 13.2 Å². The number of rotatable bonds is 1. The molecule has 1 aromatic carbocycles. The van der Waals surface area contributed by atoms with Crippen molar-refractivity contribution < 1.29 is 9.53 Å². The highest BCUT2D eigenvalue weighted by Crippen LogP contribution is 2.35. The Morgan fingerprint density at radius 1 is 1.50 bits per heavy atom. The fourth-order valence-electron chi connectivity index (χ4n) is 2.87. The zero-order valence-electron chi connectivity index (χ0n) is 10.6. The highest BCUT2D eigenvalue weighted by atomic mass is 16.5. The van der Waals surface area contributed by atoms with Gasteiger partial charge in [-0.25, -0.2) is 0 Å². The average molecular weight is 246 g/mol. The predicted octanol–water partition coefficient (Wildman–Crippen LogP) is 1.58. The van der Waals surface area contributed by atoms with Gasteiger partial charge in [0.1, 0.15) is 6.10 Å². The first-order valence-electron chi connectivity index (χ1n) is 6.49. The number of ether oxygens (including phenoxy) is 1. The van der Waals surface area contributed by atoms with Gasteiger partial charge >= 0.3 is 0 Å². The topological polar surface area (TPSA) is 55.6 Å². The summed E-state index contributed by atoms with van der Waals surface area (Å²) in [7, 11) is 0. The van der Waals surface area contributed by atoms with Crippen molar-refractivity contribution in [3.8, 4) is 0 Å². The number of fused-ring (bicyclic) bond motifs is 1. The van der Waals surface area contributed by atoms with E-state index in [1.807, 2.05) is 18.2 Å². The van der Waals surface area contributed by atoms with Crippen LogP contribution in [0.1, 0.15) is 18.9 Å². The molecule has 1 fully saturated rings. The lowest BCUT2D eigenvalue weighted by Gasteiger charge is -2.24. The molecule has 0 aromatic heterocycles. The van der Waals surface area contributed by atoms with Crippen LogP contribution in [0.4, 0.5) is 11.4 Å². The van der Waals surface area contributed by atoms with E-state index in [2.05, 4.69) is 6.92 Å². The lowest BCUT2D eigenvalue weighted by molar-refractivity contribution is -0.128. The van der Waals surface area contributed by atoms with Crippen LogP contribution in [0, 0.1) is 5.92 Å². The molecule has 2 aliphatic rings. The summed E-state index contributed by atoms with van der Waals surface area (Å²) in [5.74, 6) is 0.364. The number of hydrogen-bond donors (Lipinski definition) is 1. The maximum atomic E-state index is 12.5. The Morgan fingerprint density at radius 2 is 2.33 bits per heavy atom. The van der Waals surface area contributed by atoms with E-state index >= 15 is 0 Å². The maximum Gasteiger partial charge on any atom is 0.256 e. The van der Waals surface area contributed by atoms with Gasteiger partial charge in [0.2, 0.25) is 0 Å². The Kier molecular flexibility index (Phi) is 2.74. The third-order valence-corrected chi connectivity index (χ3v) is 3.92. The first kappa shape index (κ1) is 11.5. The molecule has 2 heterocycles. The number of hydrogen-bond acceptors (Lipinski definition) is 3. The summed E-state index contributed by atoms with van der Waals surface area (Å²) in [5, 5.41) is 0. The lowest BCUT2D eigenvalue weighted by atomic mass is 10.0. The predicted molar refractivity (Wildman–Crippen MR) is 70.4 cm³/mol. The molecule has 0 bridgehead atoms.